The molecule has 2 aliphatic heterocycles. The highest BCUT2D eigenvalue weighted by Crippen LogP contribution is 2.23. The highest BCUT2D eigenvalue weighted by Gasteiger charge is 2.15. The zero-order valence-corrected chi connectivity index (χ0v) is 10.6. The zero-order chi connectivity index (χ0) is 11.7. The number of fused-ring (bicyclic) bond motifs is 1. The molecule has 0 spiro atoms. The Hall–Kier alpha value is -1.06. The van der Waals surface area contributed by atoms with Gasteiger partial charge in [-0.25, -0.2) is 0 Å². The predicted molar refractivity (Wildman–Crippen MR) is 71.4 cm³/mol. The normalized spacial score (nSPS) is 21.2. The van der Waals surface area contributed by atoms with E-state index in [-0.39, 0.29) is 0 Å². The van der Waals surface area contributed by atoms with Gasteiger partial charge >= 0.3 is 0 Å². The van der Waals surface area contributed by atoms with Crippen LogP contribution in [0.1, 0.15) is 11.1 Å². The van der Waals surface area contributed by atoms with Gasteiger partial charge in [-0.15, -0.1) is 0 Å². The van der Waals surface area contributed by atoms with Crippen LogP contribution in [0.15, 0.2) is 18.2 Å². The van der Waals surface area contributed by atoms with Gasteiger partial charge in [-0.1, -0.05) is 12.1 Å². The molecule has 1 fully saturated rings. The molecule has 1 N–H and O–H groups in total. The van der Waals surface area contributed by atoms with Gasteiger partial charge in [0.15, 0.2) is 0 Å². The van der Waals surface area contributed by atoms with Crippen molar-refractivity contribution in [1.29, 1.82) is 0 Å². The Bertz CT molecular complexity index is 394. The molecule has 0 atom stereocenters. The monoisotopic (exact) mass is 231 g/mol. The van der Waals surface area contributed by atoms with Crippen LogP contribution < -0.4 is 5.32 Å². The van der Waals surface area contributed by atoms with Crippen molar-refractivity contribution in [3.63, 3.8) is 0 Å². The average Bonchev–Trinajstić information content (AvgIpc) is 2.79. The maximum absolute atomic E-state index is 3.46. The number of hydrogen-bond donors (Lipinski definition) is 1. The molecule has 1 saturated heterocycles. The fourth-order valence-electron chi connectivity index (χ4n) is 2.70. The van der Waals surface area contributed by atoms with E-state index in [1.54, 1.807) is 0 Å². The van der Waals surface area contributed by atoms with E-state index in [0.29, 0.717) is 0 Å². The number of benzene rings is 1. The highest BCUT2D eigenvalue weighted by molar-refractivity contribution is 5.56. The van der Waals surface area contributed by atoms with Gasteiger partial charge in [0.1, 0.15) is 0 Å². The highest BCUT2D eigenvalue weighted by atomic mass is 15.2. The van der Waals surface area contributed by atoms with Gasteiger partial charge in [-0.05, 0) is 30.7 Å². The van der Waals surface area contributed by atoms with Crippen LogP contribution in [0.4, 0.5) is 5.69 Å². The van der Waals surface area contributed by atoms with Crippen LogP contribution in [0.25, 0.3) is 0 Å². The lowest BCUT2D eigenvalue weighted by molar-refractivity contribution is 0.148. The lowest BCUT2D eigenvalue weighted by Crippen LogP contribution is -2.43. The van der Waals surface area contributed by atoms with E-state index in [2.05, 4.69) is 40.4 Å². The molecule has 92 valence electrons. The summed E-state index contributed by atoms with van der Waals surface area (Å²) in [6.45, 7) is 6.99. The quantitative estimate of drug-likeness (QED) is 0.830. The van der Waals surface area contributed by atoms with Gasteiger partial charge in [0, 0.05) is 45.0 Å². The van der Waals surface area contributed by atoms with Gasteiger partial charge in [0.2, 0.25) is 0 Å². The van der Waals surface area contributed by atoms with Gasteiger partial charge in [-0.3, -0.25) is 4.90 Å². The standard InChI is InChI=1S/C14H21N3/c1-16-6-8-17(9-7-16)11-12-2-3-13-4-5-15-14(13)10-12/h2-3,10,15H,4-9,11H2,1H3. The lowest BCUT2D eigenvalue weighted by atomic mass is 10.1. The van der Waals surface area contributed by atoms with Crippen molar-refractivity contribution in [2.45, 2.75) is 13.0 Å². The number of rotatable bonds is 2. The molecule has 17 heavy (non-hydrogen) atoms. The van der Waals surface area contributed by atoms with E-state index in [1.807, 2.05) is 0 Å². The Balaban J connectivity index is 1.65. The fraction of sp³-hybridized carbons (Fsp3) is 0.571. The van der Waals surface area contributed by atoms with Crippen LogP contribution >= 0.6 is 0 Å². The molecule has 2 heterocycles. The second-order valence-electron chi connectivity index (χ2n) is 5.25. The Morgan fingerprint density at radius 1 is 1.18 bits per heavy atom. The maximum Gasteiger partial charge on any atom is 0.0376 e. The topological polar surface area (TPSA) is 18.5 Å². The molecular formula is C14H21N3. The summed E-state index contributed by atoms with van der Waals surface area (Å²) in [5, 5.41) is 3.46. The van der Waals surface area contributed by atoms with Crippen LogP contribution in [-0.2, 0) is 13.0 Å². The molecular weight excluding hydrogens is 210 g/mol. The molecule has 0 amide bonds. The molecule has 3 nitrogen and oxygen atoms in total. The van der Waals surface area contributed by atoms with Crippen LogP contribution in [0.5, 0.6) is 0 Å². The molecule has 0 aliphatic carbocycles. The molecule has 3 heteroatoms. The molecule has 0 unspecified atom stereocenters. The van der Waals surface area contributed by atoms with Crippen molar-refractivity contribution in [3.05, 3.63) is 29.3 Å². The number of piperazine rings is 1. The summed E-state index contributed by atoms with van der Waals surface area (Å²) in [6.07, 6.45) is 1.18. The maximum atomic E-state index is 3.46. The molecule has 0 aromatic heterocycles. The fourth-order valence-corrected chi connectivity index (χ4v) is 2.70. The van der Waals surface area contributed by atoms with E-state index in [0.717, 1.165) is 13.1 Å². The minimum absolute atomic E-state index is 1.10. The second-order valence-corrected chi connectivity index (χ2v) is 5.25. The molecule has 1 aromatic rings. The third-order valence-electron chi connectivity index (χ3n) is 3.89. The molecule has 0 radical (unpaired) electrons. The zero-order valence-electron chi connectivity index (χ0n) is 10.6. The van der Waals surface area contributed by atoms with E-state index in [1.165, 1.54) is 49.4 Å². The minimum Gasteiger partial charge on any atom is -0.384 e. The van der Waals surface area contributed by atoms with Crippen molar-refractivity contribution >= 4 is 5.69 Å². The molecule has 0 bridgehead atoms. The summed E-state index contributed by atoms with van der Waals surface area (Å²) < 4.78 is 0. The SMILES string of the molecule is CN1CCN(Cc2ccc3c(c2)NCC3)CC1. The first-order valence-electron chi connectivity index (χ1n) is 6.58. The van der Waals surface area contributed by atoms with Crippen LogP contribution in [-0.4, -0.2) is 49.6 Å². The number of likely N-dealkylation sites (N-methyl/N-ethyl adjacent to an activating group) is 1. The third-order valence-corrected chi connectivity index (χ3v) is 3.89. The first kappa shape index (κ1) is 11.1. The molecule has 3 rings (SSSR count). The smallest absolute Gasteiger partial charge is 0.0376 e. The van der Waals surface area contributed by atoms with Crippen molar-refractivity contribution in [1.82, 2.24) is 9.80 Å². The summed E-state index contributed by atoms with van der Waals surface area (Å²) in [5.41, 5.74) is 4.28. The lowest BCUT2D eigenvalue weighted by Gasteiger charge is -2.32. The van der Waals surface area contributed by atoms with E-state index in [4.69, 9.17) is 0 Å². The summed E-state index contributed by atoms with van der Waals surface area (Å²) in [7, 11) is 2.21. The van der Waals surface area contributed by atoms with Gasteiger partial charge in [0.25, 0.3) is 0 Å². The van der Waals surface area contributed by atoms with Crippen LogP contribution in [0, 0.1) is 0 Å². The third kappa shape index (κ3) is 2.45. The Morgan fingerprint density at radius 3 is 2.82 bits per heavy atom. The van der Waals surface area contributed by atoms with Crippen molar-refractivity contribution < 1.29 is 0 Å². The predicted octanol–water partition coefficient (Wildman–Crippen LogP) is 1.40. The summed E-state index contributed by atoms with van der Waals surface area (Å²) in [5.74, 6) is 0. The van der Waals surface area contributed by atoms with E-state index < -0.39 is 0 Å². The molecule has 0 saturated carbocycles. The average molecular weight is 231 g/mol. The molecule has 2 aliphatic rings. The molecule has 1 aromatic carbocycles. The van der Waals surface area contributed by atoms with E-state index in [9.17, 15) is 0 Å². The van der Waals surface area contributed by atoms with E-state index >= 15 is 0 Å². The number of nitrogens with one attached hydrogen (secondary N) is 1. The van der Waals surface area contributed by atoms with Crippen LogP contribution in [0.3, 0.4) is 0 Å². The summed E-state index contributed by atoms with van der Waals surface area (Å²) in [4.78, 5) is 4.96. The summed E-state index contributed by atoms with van der Waals surface area (Å²) >= 11 is 0. The summed E-state index contributed by atoms with van der Waals surface area (Å²) in [6, 6.07) is 6.92. The van der Waals surface area contributed by atoms with Crippen LogP contribution in [0.2, 0.25) is 0 Å². The van der Waals surface area contributed by atoms with Crippen molar-refractivity contribution in [3.8, 4) is 0 Å². The first-order valence-corrected chi connectivity index (χ1v) is 6.58. The van der Waals surface area contributed by atoms with Crippen molar-refractivity contribution in [2.24, 2.45) is 0 Å². The Kier molecular flexibility index (Phi) is 3.04. The van der Waals surface area contributed by atoms with Gasteiger partial charge in [-0.2, -0.15) is 0 Å². The largest absolute Gasteiger partial charge is 0.384 e. The van der Waals surface area contributed by atoms with Gasteiger partial charge < -0.3 is 10.2 Å². The first-order chi connectivity index (χ1) is 8.31. The Labute approximate surface area is 103 Å². The number of nitrogens with zero attached hydrogens (tertiary/aromatic N) is 2. The minimum atomic E-state index is 1.10. The second kappa shape index (κ2) is 4.67. The number of anilines is 1. The van der Waals surface area contributed by atoms with Gasteiger partial charge in [0.05, 0.1) is 0 Å². The number of hydrogen-bond acceptors (Lipinski definition) is 3. The Morgan fingerprint density at radius 2 is 2.00 bits per heavy atom. The van der Waals surface area contributed by atoms with Crippen molar-refractivity contribution in [2.75, 3.05) is 45.1 Å².